The number of carbonyl (C=O) groups is 2. The van der Waals surface area contributed by atoms with Crippen molar-refractivity contribution in [2.24, 2.45) is 11.7 Å². The normalized spacial score (nSPS) is 23.3. The molecule has 7 nitrogen and oxygen atoms in total. The molecule has 1 saturated carbocycles. The molecular weight excluding hydrogens is 327 g/mol. The minimum Gasteiger partial charge on any atom is -0.378 e. The summed E-state index contributed by atoms with van der Waals surface area (Å²) in [5.74, 6) is -1.13. The van der Waals surface area contributed by atoms with E-state index in [4.69, 9.17) is 10.5 Å². The van der Waals surface area contributed by atoms with E-state index in [2.05, 4.69) is 10.6 Å². The molecule has 1 saturated heterocycles. The minimum absolute atomic E-state index is 0.269. The van der Waals surface area contributed by atoms with Gasteiger partial charge in [-0.05, 0) is 31.0 Å². The lowest BCUT2D eigenvalue weighted by Crippen LogP contribution is -2.44. The molecule has 2 aliphatic rings. The number of carbonyl (C=O) groups excluding carboxylic acids is 2. The third kappa shape index (κ3) is 4.19. The summed E-state index contributed by atoms with van der Waals surface area (Å²) in [4.78, 5) is 25.4. The molecule has 3 rings (SSSR count). The number of anilines is 2. The van der Waals surface area contributed by atoms with Crippen LogP contribution in [0.15, 0.2) is 18.2 Å². The molecule has 1 heterocycles. The van der Waals surface area contributed by atoms with Gasteiger partial charge in [0.1, 0.15) is 5.82 Å². The number of ether oxygens (including phenoxy) is 1. The number of benzene rings is 1. The Kier molecular flexibility index (Phi) is 5.37. The van der Waals surface area contributed by atoms with Gasteiger partial charge in [-0.25, -0.2) is 9.18 Å². The Morgan fingerprint density at radius 3 is 2.68 bits per heavy atom. The monoisotopic (exact) mass is 350 g/mol. The smallest absolute Gasteiger partial charge is 0.319 e. The van der Waals surface area contributed by atoms with Crippen LogP contribution in [-0.2, 0) is 9.53 Å². The Morgan fingerprint density at radius 2 is 2.00 bits per heavy atom. The molecule has 4 N–H and O–H groups in total. The van der Waals surface area contributed by atoms with Crippen LogP contribution in [0.5, 0.6) is 0 Å². The van der Waals surface area contributed by atoms with Crippen LogP contribution < -0.4 is 21.3 Å². The van der Waals surface area contributed by atoms with Crippen molar-refractivity contribution in [2.75, 3.05) is 36.5 Å². The maximum Gasteiger partial charge on any atom is 0.319 e. The lowest BCUT2D eigenvalue weighted by Gasteiger charge is -2.29. The van der Waals surface area contributed by atoms with Crippen molar-refractivity contribution < 1.29 is 18.7 Å². The average Bonchev–Trinajstić information content (AvgIpc) is 3.04. The highest BCUT2D eigenvalue weighted by Crippen LogP contribution is 2.26. The number of nitrogens with two attached hydrogens (primary N) is 1. The van der Waals surface area contributed by atoms with E-state index >= 15 is 0 Å². The molecule has 1 aromatic carbocycles. The number of nitrogens with zero attached hydrogens (tertiary/aromatic N) is 1. The molecule has 1 aliphatic heterocycles. The van der Waals surface area contributed by atoms with Crippen molar-refractivity contribution in [1.82, 2.24) is 5.32 Å². The van der Waals surface area contributed by atoms with Crippen LogP contribution in [0.25, 0.3) is 0 Å². The first-order valence-electron chi connectivity index (χ1n) is 8.53. The zero-order valence-corrected chi connectivity index (χ0v) is 14.0. The van der Waals surface area contributed by atoms with E-state index in [0.717, 1.165) is 6.42 Å². The zero-order valence-electron chi connectivity index (χ0n) is 14.0. The number of urea groups is 1. The first-order valence-corrected chi connectivity index (χ1v) is 8.53. The van der Waals surface area contributed by atoms with Crippen LogP contribution in [0, 0.1) is 11.7 Å². The van der Waals surface area contributed by atoms with Gasteiger partial charge in [0.15, 0.2) is 0 Å². The molecule has 136 valence electrons. The number of primary amides is 1. The predicted molar refractivity (Wildman–Crippen MR) is 91.9 cm³/mol. The van der Waals surface area contributed by atoms with E-state index in [1.54, 1.807) is 12.1 Å². The molecule has 2 fully saturated rings. The number of hydrogen-bond donors (Lipinski definition) is 3. The highest BCUT2D eigenvalue weighted by atomic mass is 19.1. The van der Waals surface area contributed by atoms with E-state index in [9.17, 15) is 14.0 Å². The van der Waals surface area contributed by atoms with Gasteiger partial charge in [0.05, 0.1) is 24.8 Å². The van der Waals surface area contributed by atoms with E-state index in [0.29, 0.717) is 50.5 Å². The number of nitrogens with one attached hydrogen (secondary N) is 2. The maximum absolute atomic E-state index is 14.3. The molecule has 3 amide bonds. The number of morpholine rings is 1. The summed E-state index contributed by atoms with van der Waals surface area (Å²) in [5, 5.41) is 5.37. The Balaban J connectivity index is 1.60. The molecule has 0 spiro atoms. The van der Waals surface area contributed by atoms with Gasteiger partial charge in [-0.15, -0.1) is 0 Å². The fourth-order valence-corrected chi connectivity index (χ4v) is 3.45. The summed E-state index contributed by atoms with van der Waals surface area (Å²) in [6.07, 6.45) is 2.25. The first-order chi connectivity index (χ1) is 12.0. The number of amides is 3. The van der Waals surface area contributed by atoms with Crippen molar-refractivity contribution >= 4 is 23.3 Å². The Bertz CT molecular complexity index is 649. The Morgan fingerprint density at radius 1 is 1.24 bits per heavy atom. The van der Waals surface area contributed by atoms with E-state index in [1.807, 2.05) is 4.90 Å². The summed E-state index contributed by atoms with van der Waals surface area (Å²) in [5.41, 5.74) is 6.21. The van der Waals surface area contributed by atoms with Gasteiger partial charge in [0.2, 0.25) is 5.91 Å². The van der Waals surface area contributed by atoms with Crippen LogP contribution >= 0.6 is 0 Å². The summed E-state index contributed by atoms with van der Waals surface area (Å²) >= 11 is 0. The van der Waals surface area contributed by atoms with E-state index < -0.39 is 17.8 Å². The molecule has 0 aromatic heterocycles. The minimum atomic E-state index is -0.461. The van der Waals surface area contributed by atoms with Gasteiger partial charge >= 0.3 is 6.03 Å². The van der Waals surface area contributed by atoms with Crippen molar-refractivity contribution in [3.8, 4) is 0 Å². The van der Waals surface area contributed by atoms with Crippen LogP contribution in [-0.4, -0.2) is 44.3 Å². The van der Waals surface area contributed by atoms with Gasteiger partial charge in [0.25, 0.3) is 0 Å². The van der Waals surface area contributed by atoms with Crippen molar-refractivity contribution in [3.05, 3.63) is 24.0 Å². The molecule has 1 aliphatic carbocycles. The molecule has 2 atom stereocenters. The lowest BCUT2D eigenvalue weighted by molar-refractivity contribution is -0.122. The molecule has 1 aromatic rings. The lowest BCUT2D eigenvalue weighted by atomic mass is 10.0. The second-order valence-electron chi connectivity index (χ2n) is 6.41. The van der Waals surface area contributed by atoms with Gasteiger partial charge in [0, 0.05) is 24.8 Å². The van der Waals surface area contributed by atoms with Gasteiger partial charge < -0.3 is 26.0 Å². The van der Waals surface area contributed by atoms with Crippen LogP contribution in [0.3, 0.4) is 0 Å². The van der Waals surface area contributed by atoms with Crippen molar-refractivity contribution in [3.63, 3.8) is 0 Å². The maximum atomic E-state index is 14.3. The predicted octanol–water partition coefficient (Wildman–Crippen LogP) is 1.44. The number of hydrogen-bond acceptors (Lipinski definition) is 4. The molecule has 25 heavy (non-hydrogen) atoms. The van der Waals surface area contributed by atoms with Crippen LogP contribution in [0.1, 0.15) is 19.3 Å². The van der Waals surface area contributed by atoms with Gasteiger partial charge in [-0.1, -0.05) is 6.42 Å². The van der Waals surface area contributed by atoms with Crippen LogP contribution in [0.4, 0.5) is 20.6 Å². The number of rotatable bonds is 4. The van der Waals surface area contributed by atoms with Gasteiger partial charge in [-0.2, -0.15) is 0 Å². The summed E-state index contributed by atoms with van der Waals surface area (Å²) in [6, 6.07) is 3.88. The Labute approximate surface area is 145 Å². The Hall–Kier alpha value is -2.35. The second-order valence-corrected chi connectivity index (χ2v) is 6.41. The molecule has 0 unspecified atom stereocenters. The van der Waals surface area contributed by atoms with E-state index in [-0.39, 0.29) is 12.0 Å². The third-order valence-corrected chi connectivity index (χ3v) is 4.76. The highest BCUT2D eigenvalue weighted by Gasteiger charge is 2.32. The molecular formula is C17H23FN4O3. The second kappa shape index (κ2) is 7.69. The number of halogens is 1. The fourth-order valence-electron chi connectivity index (χ4n) is 3.45. The zero-order chi connectivity index (χ0) is 17.8. The molecule has 0 bridgehead atoms. The largest absolute Gasteiger partial charge is 0.378 e. The first kappa shape index (κ1) is 17.5. The highest BCUT2D eigenvalue weighted by molar-refractivity contribution is 5.90. The summed E-state index contributed by atoms with van der Waals surface area (Å²) in [7, 11) is 0. The summed E-state index contributed by atoms with van der Waals surface area (Å²) < 4.78 is 19.6. The van der Waals surface area contributed by atoms with E-state index in [1.165, 1.54) is 6.07 Å². The van der Waals surface area contributed by atoms with Crippen molar-refractivity contribution in [2.45, 2.75) is 25.3 Å². The van der Waals surface area contributed by atoms with Crippen LogP contribution in [0.2, 0.25) is 0 Å². The standard InChI is InChI=1S/C17H23FN4O3/c18-13-10-11(4-5-15(13)22-6-8-25-9-7-22)20-17(24)21-14-3-1-2-12(14)16(19)23/h4-5,10,12,14H,1-3,6-9H2,(H2,19,23)(H2,20,21,24)/t12-,14+/m0/s1. The summed E-state index contributed by atoms with van der Waals surface area (Å²) in [6.45, 7) is 2.43. The van der Waals surface area contributed by atoms with Crippen molar-refractivity contribution in [1.29, 1.82) is 0 Å². The SMILES string of the molecule is NC(=O)[C@H]1CCC[C@H]1NC(=O)Nc1ccc(N2CCOCC2)c(F)c1. The molecule has 8 heteroatoms. The average molecular weight is 350 g/mol. The quantitative estimate of drug-likeness (QED) is 0.765. The van der Waals surface area contributed by atoms with Gasteiger partial charge in [-0.3, -0.25) is 4.79 Å². The fraction of sp³-hybridized carbons (Fsp3) is 0.529. The third-order valence-electron chi connectivity index (χ3n) is 4.76. The topological polar surface area (TPSA) is 96.7 Å². The molecule has 0 radical (unpaired) electrons.